The Bertz CT molecular complexity index is 617. The van der Waals surface area contributed by atoms with Crippen molar-refractivity contribution in [2.24, 2.45) is 0 Å². The van der Waals surface area contributed by atoms with Gasteiger partial charge in [-0.25, -0.2) is 0 Å². The van der Waals surface area contributed by atoms with Crippen molar-refractivity contribution in [1.82, 2.24) is 15.0 Å². The van der Waals surface area contributed by atoms with Crippen LogP contribution < -0.4 is 0 Å². The van der Waals surface area contributed by atoms with E-state index >= 15 is 0 Å². The average Bonchev–Trinajstić information content (AvgIpc) is 2.98. The van der Waals surface area contributed by atoms with Crippen molar-refractivity contribution in [3.63, 3.8) is 0 Å². The van der Waals surface area contributed by atoms with E-state index in [4.69, 9.17) is 9.26 Å². The molecule has 2 fully saturated rings. The zero-order chi connectivity index (χ0) is 16.4. The first kappa shape index (κ1) is 15.7. The summed E-state index contributed by atoms with van der Waals surface area (Å²) in [6.07, 6.45) is 3.13. The van der Waals surface area contributed by atoms with Gasteiger partial charge in [0.15, 0.2) is 5.69 Å². The highest BCUT2D eigenvalue weighted by Gasteiger charge is 2.42. The van der Waals surface area contributed by atoms with Crippen LogP contribution in [0.4, 0.5) is 0 Å². The van der Waals surface area contributed by atoms with Gasteiger partial charge in [-0.15, -0.1) is 6.58 Å². The van der Waals surface area contributed by atoms with E-state index in [2.05, 4.69) is 11.7 Å². The SMILES string of the molecule is C=CCN1CC2(CCN(C(=O)c3cc(C)on3)CC2)OCC1=O. The Morgan fingerprint density at radius 2 is 2.22 bits per heavy atom. The number of nitrogens with zero attached hydrogens (tertiary/aromatic N) is 3. The minimum atomic E-state index is -0.354. The maximum Gasteiger partial charge on any atom is 0.276 e. The van der Waals surface area contributed by atoms with Crippen LogP contribution >= 0.6 is 0 Å². The molecule has 1 aromatic rings. The first-order valence-electron chi connectivity index (χ1n) is 7.78. The zero-order valence-electron chi connectivity index (χ0n) is 13.3. The van der Waals surface area contributed by atoms with Gasteiger partial charge in [0.1, 0.15) is 12.4 Å². The molecule has 0 aromatic carbocycles. The molecule has 2 aliphatic heterocycles. The monoisotopic (exact) mass is 319 g/mol. The number of hydrogen-bond donors (Lipinski definition) is 0. The number of aromatic nitrogens is 1. The van der Waals surface area contributed by atoms with E-state index in [0.29, 0.717) is 50.5 Å². The second kappa shape index (κ2) is 6.16. The van der Waals surface area contributed by atoms with Crippen molar-refractivity contribution < 1.29 is 18.8 Å². The summed E-state index contributed by atoms with van der Waals surface area (Å²) in [5.41, 5.74) is -0.0144. The lowest BCUT2D eigenvalue weighted by Gasteiger charge is -2.46. The quantitative estimate of drug-likeness (QED) is 0.777. The predicted octanol–water partition coefficient (Wildman–Crippen LogP) is 1.00. The number of piperidine rings is 1. The van der Waals surface area contributed by atoms with Crippen LogP contribution in [0.2, 0.25) is 0 Å². The summed E-state index contributed by atoms with van der Waals surface area (Å²) < 4.78 is 10.8. The Morgan fingerprint density at radius 3 is 2.83 bits per heavy atom. The number of carbonyl (C=O) groups excluding carboxylic acids is 2. The molecule has 0 radical (unpaired) electrons. The summed E-state index contributed by atoms with van der Waals surface area (Å²) in [4.78, 5) is 27.8. The van der Waals surface area contributed by atoms with Crippen LogP contribution in [0.25, 0.3) is 0 Å². The molecule has 23 heavy (non-hydrogen) atoms. The topological polar surface area (TPSA) is 75.9 Å². The fourth-order valence-corrected chi connectivity index (χ4v) is 3.16. The van der Waals surface area contributed by atoms with E-state index in [-0.39, 0.29) is 24.0 Å². The van der Waals surface area contributed by atoms with Gasteiger partial charge in [0, 0.05) is 25.7 Å². The Kier molecular flexibility index (Phi) is 4.21. The van der Waals surface area contributed by atoms with Crippen molar-refractivity contribution in [3.8, 4) is 0 Å². The maximum absolute atomic E-state index is 12.4. The number of amides is 2. The first-order chi connectivity index (χ1) is 11.0. The number of morpholine rings is 1. The van der Waals surface area contributed by atoms with E-state index < -0.39 is 0 Å². The van der Waals surface area contributed by atoms with Gasteiger partial charge in [-0.2, -0.15) is 0 Å². The molecular weight excluding hydrogens is 298 g/mol. The number of carbonyl (C=O) groups is 2. The molecule has 2 saturated heterocycles. The van der Waals surface area contributed by atoms with Crippen molar-refractivity contribution in [1.29, 1.82) is 0 Å². The van der Waals surface area contributed by atoms with E-state index in [9.17, 15) is 9.59 Å². The standard InChI is InChI=1S/C16H21N3O4/c1-3-6-19-11-16(22-10-14(19)20)4-7-18(8-5-16)15(21)13-9-12(2)23-17-13/h3,9H,1,4-8,10-11H2,2H3. The minimum Gasteiger partial charge on any atom is -0.363 e. The molecule has 1 spiro atoms. The molecule has 0 atom stereocenters. The van der Waals surface area contributed by atoms with Crippen LogP contribution in [0.15, 0.2) is 23.2 Å². The lowest BCUT2D eigenvalue weighted by atomic mass is 9.89. The molecule has 0 saturated carbocycles. The van der Waals surface area contributed by atoms with Crippen molar-refractivity contribution >= 4 is 11.8 Å². The van der Waals surface area contributed by atoms with Crippen LogP contribution in [-0.4, -0.2) is 65.2 Å². The molecule has 0 unspecified atom stereocenters. The normalized spacial score (nSPS) is 20.8. The number of ether oxygens (including phenoxy) is 1. The molecule has 124 valence electrons. The van der Waals surface area contributed by atoms with Crippen LogP contribution in [0, 0.1) is 6.92 Å². The lowest BCUT2D eigenvalue weighted by Crippen LogP contribution is -2.59. The molecule has 0 aliphatic carbocycles. The van der Waals surface area contributed by atoms with Crippen LogP contribution in [0.5, 0.6) is 0 Å². The van der Waals surface area contributed by atoms with Crippen molar-refractivity contribution in [2.45, 2.75) is 25.4 Å². The molecule has 2 aliphatic rings. The molecule has 3 heterocycles. The van der Waals surface area contributed by atoms with Gasteiger partial charge in [-0.05, 0) is 19.8 Å². The second-order valence-corrected chi connectivity index (χ2v) is 6.15. The number of aryl methyl sites for hydroxylation is 1. The van der Waals surface area contributed by atoms with Gasteiger partial charge < -0.3 is 19.1 Å². The molecule has 0 N–H and O–H groups in total. The van der Waals surface area contributed by atoms with Gasteiger partial charge in [-0.3, -0.25) is 9.59 Å². The van der Waals surface area contributed by atoms with Crippen LogP contribution in [-0.2, 0) is 9.53 Å². The highest BCUT2D eigenvalue weighted by molar-refractivity contribution is 5.92. The molecule has 7 nitrogen and oxygen atoms in total. The van der Waals surface area contributed by atoms with Gasteiger partial charge >= 0.3 is 0 Å². The molecule has 7 heteroatoms. The number of likely N-dealkylation sites (tertiary alicyclic amines) is 1. The average molecular weight is 319 g/mol. The Hall–Kier alpha value is -2.15. The largest absolute Gasteiger partial charge is 0.363 e. The molecule has 3 rings (SSSR count). The maximum atomic E-state index is 12.4. The highest BCUT2D eigenvalue weighted by atomic mass is 16.5. The molecular formula is C16H21N3O4. The minimum absolute atomic E-state index is 0.00731. The van der Waals surface area contributed by atoms with Crippen molar-refractivity contribution in [2.75, 3.05) is 32.8 Å². The van der Waals surface area contributed by atoms with Gasteiger partial charge in [0.2, 0.25) is 5.91 Å². The third kappa shape index (κ3) is 3.14. The first-order valence-corrected chi connectivity index (χ1v) is 7.78. The van der Waals surface area contributed by atoms with Gasteiger partial charge in [0.25, 0.3) is 5.91 Å². The Labute approximate surface area is 134 Å². The lowest BCUT2D eigenvalue weighted by molar-refractivity contribution is -0.169. The van der Waals surface area contributed by atoms with E-state index in [1.54, 1.807) is 28.9 Å². The fourth-order valence-electron chi connectivity index (χ4n) is 3.16. The van der Waals surface area contributed by atoms with Gasteiger partial charge in [-0.1, -0.05) is 11.2 Å². The summed E-state index contributed by atoms with van der Waals surface area (Å²) in [7, 11) is 0. The smallest absolute Gasteiger partial charge is 0.276 e. The third-order valence-electron chi connectivity index (χ3n) is 4.49. The number of hydrogen-bond acceptors (Lipinski definition) is 5. The summed E-state index contributed by atoms with van der Waals surface area (Å²) in [6.45, 7) is 7.81. The number of rotatable bonds is 3. The summed E-state index contributed by atoms with van der Waals surface area (Å²) >= 11 is 0. The van der Waals surface area contributed by atoms with Crippen LogP contribution in [0.1, 0.15) is 29.1 Å². The zero-order valence-corrected chi connectivity index (χ0v) is 13.3. The summed E-state index contributed by atoms with van der Waals surface area (Å²) in [5.74, 6) is 0.495. The Balaban J connectivity index is 1.62. The van der Waals surface area contributed by atoms with E-state index in [1.807, 2.05) is 0 Å². The molecule has 0 bridgehead atoms. The fraction of sp³-hybridized carbons (Fsp3) is 0.562. The van der Waals surface area contributed by atoms with E-state index in [0.717, 1.165) is 0 Å². The van der Waals surface area contributed by atoms with Crippen molar-refractivity contribution in [3.05, 3.63) is 30.2 Å². The predicted molar refractivity (Wildman–Crippen MR) is 81.8 cm³/mol. The summed E-state index contributed by atoms with van der Waals surface area (Å²) in [6, 6.07) is 1.65. The highest BCUT2D eigenvalue weighted by Crippen LogP contribution is 2.31. The second-order valence-electron chi connectivity index (χ2n) is 6.15. The Morgan fingerprint density at radius 1 is 1.48 bits per heavy atom. The molecule has 2 amide bonds. The van der Waals surface area contributed by atoms with Crippen LogP contribution in [0.3, 0.4) is 0 Å². The van der Waals surface area contributed by atoms with E-state index in [1.165, 1.54) is 0 Å². The van der Waals surface area contributed by atoms with Gasteiger partial charge in [0.05, 0.1) is 12.1 Å². The molecule has 1 aromatic heterocycles. The summed E-state index contributed by atoms with van der Waals surface area (Å²) in [5, 5.41) is 3.78. The third-order valence-corrected chi connectivity index (χ3v) is 4.49.